The van der Waals surface area contributed by atoms with Crippen molar-refractivity contribution in [2.24, 2.45) is 0 Å². The molecule has 1 N–H and O–H groups in total. The summed E-state index contributed by atoms with van der Waals surface area (Å²) in [6, 6.07) is 3.85. The smallest absolute Gasteiger partial charge is 0.246 e. The normalized spacial score (nSPS) is 16.4. The molecule has 1 aromatic rings. The molecule has 2 rings (SSSR count). The summed E-state index contributed by atoms with van der Waals surface area (Å²) in [5.41, 5.74) is 0. The lowest BCUT2D eigenvalue weighted by molar-refractivity contribution is 0.198. The summed E-state index contributed by atoms with van der Waals surface area (Å²) in [7, 11) is -3.92. The zero-order chi connectivity index (χ0) is 14.8. The Kier molecular flexibility index (Phi) is 5.01. The van der Waals surface area contributed by atoms with Gasteiger partial charge >= 0.3 is 0 Å². The van der Waals surface area contributed by atoms with Crippen LogP contribution in [0.5, 0.6) is 0 Å². The molecule has 0 radical (unpaired) electrons. The Hall–Kier alpha value is -0.690. The van der Waals surface area contributed by atoms with Gasteiger partial charge in [-0.05, 0) is 31.4 Å². The van der Waals surface area contributed by atoms with Crippen LogP contribution in [0.3, 0.4) is 0 Å². The van der Waals surface area contributed by atoms with Gasteiger partial charge in [-0.25, -0.2) is 12.8 Å². The van der Waals surface area contributed by atoms with E-state index in [9.17, 15) is 12.8 Å². The van der Waals surface area contributed by atoms with Crippen molar-refractivity contribution in [2.45, 2.75) is 36.6 Å². The Morgan fingerprint density at radius 2 is 2.10 bits per heavy atom. The Labute approximate surface area is 123 Å². The maximum Gasteiger partial charge on any atom is 0.246 e. The molecule has 0 saturated heterocycles. The highest BCUT2D eigenvalue weighted by Crippen LogP contribution is 2.32. The number of sulfonamides is 1. The van der Waals surface area contributed by atoms with Gasteiger partial charge in [0.15, 0.2) is 5.82 Å². The average molecular weight is 322 g/mol. The number of benzene rings is 1. The van der Waals surface area contributed by atoms with Crippen LogP contribution in [0.25, 0.3) is 0 Å². The van der Waals surface area contributed by atoms with Crippen LogP contribution in [0.15, 0.2) is 23.1 Å². The minimum Gasteiger partial charge on any atom is -0.396 e. The number of rotatable bonds is 6. The zero-order valence-corrected chi connectivity index (χ0v) is 12.5. The third-order valence-corrected chi connectivity index (χ3v) is 5.78. The van der Waals surface area contributed by atoms with Gasteiger partial charge in [0.05, 0.1) is 5.02 Å². The number of nitrogens with zero attached hydrogens (tertiary/aromatic N) is 1. The number of aliphatic hydroxyl groups excluding tert-OH is 1. The molecule has 0 heterocycles. The van der Waals surface area contributed by atoms with Gasteiger partial charge in [-0.1, -0.05) is 24.1 Å². The first-order chi connectivity index (χ1) is 9.48. The molecule has 0 atom stereocenters. The van der Waals surface area contributed by atoms with Crippen LogP contribution in [-0.2, 0) is 10.0 Å². The molecule has 20 heavy (non-hydrogen) atoms. The minimum absolute atomic E-state index is 0.100. The van der Waals surface area contributed by atoms with Crippen LogP contribution in [0, 0.1) is 5.82 Å². The van der Waals surface area contributed by atoms with Crippen molar-refractivity contribution in [3.05, 3.63) is 29.0 Å². The fraction of sp³-hybridized carbons (Fsp3) is 0.538. The second-order valence-corrected chi connectivity index (χ2v) is 7.10. The number of hydrogen-bond acceptors (Lipinski definition) is 3. The number of halogens is 2. The quantitative estimate of drug-likeness (QED) is 0.875. The highest BCUT2D eigenvalue weighted by atomic mass is 35.5. The Balaban J connectivity index is 2.36. The molecular weight excluding hydrogens is 305 g/mol. The first-order valence-electron chi connectivity index (χ1n) is 6.55. The molecule has 1 aliphatic carbocycles. The fourth-order valence-electron chi connectivity index (χ4n) is 2.21. The van der Waals surface area contributed by atoms with Gasteiger partial charge < -0.3 is 5.11 Å². The highest BCUT2D eigenvalue weighted by molar-refractivity contribution is 7.89. The van der Waals surface area contributed by atoms with Crippen molar-refractivity contribution in [1.29, 1.82) is 0 Å². The fourth-order valence-corrected chi connectivity index (χ4v) is 4.25. The summed E-state index contributed by atoms with van der Waals surface area (Å²) in [6.45, 7) is 0.0895. The standard InChI is InChI=1S/C13H17ClFNO3S/c14-11-6-2-7-12(13(11)15)20(18,19)16(8-3-9-17)10-4-1-5-10/h2,6-7,10,17H,1,3-5,8-9H2. The number of hydrogen-bond donors (Lipinski definition) is 1. The maximum absolute atomic E-state index is 14.0. The molecule has 0 aromatic heterocycles. The molecule has 4 nitrogen and oxygen atoms in total. The largest absolute Gasteiger partial charge is 0.396 e. The first kappa shape index (κ1) is 15.7. The van der Waals surface area contributed by atoms with E-state index in [2.05, 4.69) is 0 Å². The molecule has 0 spiro atoms. The van der Waals surface area contributed by atoms with Crippen LogP contribution < -0.4 is 0 Å². The van der Waals surface area contributed by atoms with Crippen molar-refractivity contribution < 1.29 is 17.9 Å². The first-order valence-corrected chi connectivity index (χ1v) is 8.37. The van der Waals surface area contributed by atoms with Crippen LogP contribution in [-0.4, -0.2) is 37.0 Å². The highest BCUT2D eigenvalue weighted by Gasteiger charge is 2.36. The summed E-state index contributed by atoms with van der Waals surface area (Å²) in [6.07, 6.45) is 2.84. The topological polar surface area (TPSA) is 57.6 Å². The van der Waals surface area contributed by atoms with E-state index in [1.807, 2.05) is 0 Å². The molecule has 1 aliphatic rings. The summed E-state index contributed by atoms with van der Waals surface area (Å²) in [4.78, 5) is -0.394. The maximum atomic E-state index is 14.0. The molecule has 1 aromatic carbocycles. The van der Waals surface area contributed by atoms with E-state index in [0.717, 1.165) is 19.3 Å². The SMILES string of the molecule is O=S(=O)(c1cccc(Cl)c1F)N(CCCO)C1CCC1. The minimum atomic E-state index is -3.92. The van der Waals surface area contributed by atoms with Crippen molar-refractivity contribution >= 4 is 21.6 Å². The van der Waals surface area contributed by atoms with E-state index < -0.39 is 20.7 Å². The molecule has 1 saturated carbocycles. The molecule has 1 fully saturated rings. The third-order valence-electron chi connectivity index (χ3n) is 3.52. The zero-order valence-electron chi connectivity index (χ0n) is 10.9. The average Bonchev–Trinajstić information content (AvgIpc) is 2.35. The van der Waals surface area contributed by atoms with Gasteiger partial charge in [0.2, 0.25) is 10.0 Å². The molecular formula is C13H17ClFNO3S. The van der Waals surface area contributed by atoms with Gasteiger partial charge in [-0.3, -0.25) is 0 Å². The molecule has 0 unspecified atom stereocenters. The van der Waals surface area contributed by atoms with Crippen molar-refractivity contribution in [2.75, 3.05) is 13.2 Å². The van der Waals surface area contributed by atoms with Crippen molar-refractivity contribution in [1.82, 2.24) is 4.31 Å². The van der Waals surface area contributed by atoms with E-state index >= 15 is 0 Å². The Morgan fingerprint density at radius 1 is 1.40 bits per heavy atom. The lowest BCUT2D eigenvalue weighted by atomic mass is 9.93. The Bertz CT molecular complexity index is 575. The van der Waals surface area contributed by atoms with Crippen molar-refractivity contribution in [3.8, 4) is 0 Å². The van der Waals surface area contributed by atoms with Crippen LogP contribution in [0.2, 0.25) is 5.02 Å². The molecule has 0 bridgehead atoms. The van der Waals surface area contributed by atoms with Crippen LogP contribution in [0.4, 0.5) is 4.39 Å². The molecule has 0 aliphatic heterocycles. The van der Waals surface area contributed by atoms with Gasteiger partial charge in [-0.15, -0.1) is 0 Å². The molecule has 0 amide bonds. The third kappa shape index (κ3) is 2.98. The van der Waals surface area contributed by atoms with Gasteiger partial charge in [-0.2, -0.15) is 4.31 Å². The van der Waals surface area contributed by atoms with Gasteiger partial charge in [0.1, 0.15) is 4.90 Å². The van der Waals surface area contributed by atoms with Gasteiger partial charge in [0, 0.05) is 19.2 Å². The van der Waals surface area contributed by atoms with Crippen LogP contribution >= 0.6 is 11.6 Å². The Morgan fingerprint density at radius 3 is 2.65 bits per heavy atom. The van der Waals surface area contributed by atoms with Crippen LogP contribution in [0.1, 0.15) is 25.7 Å². The summed E-state index contributed by atoms with van der Waals surface area (Å²) >= 11 is 5.66. The molecule has 7 heteroatoms. The van der Waals surface area contributed by atoms with E-state index in [1.54, 1.807) is 0 Å². The van der Waals surface area contributed by atoms with E-state index in [1.165, 1.54) is 22.5 Å². The lowest BCUT2D eigenvalue weighted by Gasteiger charge is -2.36. The van der Waals surface area contributed by atoms with Gasteiger partial charge in [0.25, 0.3) is 0 Å². The predicted molar refractivity (Wildman–Crippen MR) is 74.6 cm³/mol. The predicted octanol–water partition coefficient (Wildman–Crippen LogP) is 2.40. The van der Waals surface area contributed by atoms with Crippen molar-refractivity contribution in [3.63, 3.8) is 0 Å². The van der Waals surface area contributed by atoms with E-state index in [4.69, 9.17) is 16.7 Å². The summed E-state index contributed by atoms with van der Waals surface area (Å²) in [5, 5.41) is 8.70. The number of aliphatic hydroxyl groups is 1. The monoisotopic (exact) mass is 321 g/mol. The molecule has 112 valence electrons. The second kappa shape index (κ2) is 6.39. The lowest BCUT2D eigenvalue weighted by Crippen LogP contribution is -2.45. The summed E-state index contributed by atoms with van der Waals surface area (Å²) < 4.78 is 40.5. The van der Waals surface area contributed by atoms with E-state index in [-0.39, 0.29) is 24.2 Å². The summed E-state index contributed by atoms with van der Waals surface area (Å²) in [5.74, 6) is -0.914. The van der Waals surface area contributed by atoms with E-state index in [0.29, 0.717) is 6.42 Å². The second-order valence-electron chi connectivity index (χ2n) is 4.83.